The van der Waals surface area contributed by atoms with Gasteiger partial charge in [0.05, 0.1) is 17.0 Å². The molecule has 3 aromatic heterocycles. The minimum absolute atomic E-state index is 0.205. The molecule has 3 N–H and O–H groups in total. The summed E-state index contributed by atoms with van der Waals surface area (Å²) in [4.78, 5) is 52.7. The second-order valence-electron chi connectivity index (χ2n) is 17.4. The molecule has 13 heteroatoms. The van der Waals surface area contributed by atoms with Crippen LogP contribution in [0.3, 0.4) is 0 Å². The number of likely N-dealkylation sites (tertiary alicyclic amines) is 1. The Morgan fingerprint density at radius 2 is 1.69 bits per heavy atom. The maximum absolute atomic E-state index is 15.0. The fourth-order valence-electron chi connectivity index (χ4n) is 9.76. The van der Waals surface area contributed by atoms with Crippen molar-refractivity contribution >= 4 is 40.1 Å². The monoisotopic (exact) mass is 752 g/mol. The first-order valence-electron chi connectivity index (χ1n) is 20.0. The molecule has 0 bridgehead atoms. The highest BCUT2D eigenvalue weighted by molar-refractivity contribution is 6.02. The van der Waals surface area contributed by atoms with Gasteiger partial charge in [0.2, 0.25) is 17.7 Å². The molecule has 1 aliphatic carbocycles. The van der Waals surface area contributed by atoms with Crippen LogP contribution in [0.4, 0.5) is 20.3 Å². The van der Waals surface area contributed by atoms with E-state index in [-0.39, 0.29) is 41.9 Å². The molecule has 4 saturated heterocycles. The lowest BCUT2D eigenvalue weighted by Crippen LogP contribution is -2.45. The Hall–Kier alpha value is -4.65. The van der Waals surface area contributed by atoms with Crippen LogP contribution in [-0.2, 0) is 27.2 Å². The van der Waals surface area contributed by atoms with E-state index >= 15 is 8.78 Å². The second-order valence-corrected chi connectivity index (χ2v) is 17.4. The van der Waals surface area contributed by atoms with Crippen molar-refractivity contribution in [2.45, 2.75) is 89.9 Å². The number of carbonyl (C=O) groups is 3. The lowest BCUT2D eigenvalue weighted by atomic mass is 9.73. The summed E-state index contributed by atoms with van der Waals surface area (Å²) >= 11 is 0. The number of amides is 3. The van der Waals surface area contributed by atoms with Gasteiger partial charge in [-0.2, -0.15) is 5.10 Å². The van der Waals surface area contributed by atoms with Crippen molar-refractivity contribution < 1.29 is 23.2 Å². The van der Waals surface area contributed by atoms with Crippen LogP contribution >= 0.6 is 0 Å². The fraction of sp³-hybridized carbons (Fsp3) is 0.548. The van der Waals surface area contributed by atoms with Gasteiger partial charge in [-0.25, -0.2) is 13.8 Å². The molecule has 3 amide bonds. The zero-order valence-electron chi connectivity index (χ0n) is 31.7. The Kier molecular flexibility index (Phi) is 8.86. The third-order valence-electron chi connectivity index (χ3n) is 13.7. The maximum atomic E-state index is 15.0. The van der Waals surface area contributed by atoms with Crippen LogP contribution in [-0.4, -0.2) is 88.0 Å². The van der Waals surface area contributed by atoms with Crippen molar-refractivity contribution in [3.63, 3.8) is 0 Å². The highest BCUT2D eigenvalue weighted by Gasteiger charge is 2.52. The number of carbonyl (C=O) groups excluding carboxylic acids is 3. The molecule has 4 aliphatic heterocycles. The number of benzene rings is 1. The number of imide groups is 1. The van der Waals surface area contributed by atoms with Gasteiger partial charge in [0.25, 0.3) is 5.92 Å². The molecule has 1 aromatic carbocycles. The number of fused-ring (bicyclic) bond motifs is 2. The molecule has 0 saturated carbocycles. The average Bonchev–Trinajstić information content (AvgIpc) is 3.86. The van der Waals surface area contributed by atoms with E-state index in [9.17, 15) is 14.4 Å². The lowest BCUT2D eigenvalue weighted by molar-refractivity contribution is -0.134. The molecular weight excluding hydrogens is 703 g/mol. The van der Waals surface area contributed by atoms with Gasteiger partial charge in [-0.15, -0.1) is 0 Å². The number of rotatable bonds is 7. The first-order chi connectivity index (χ1) is 26.4. The Balaban J connectivity index is 0.763. The van der Waals surface area contributed by atoms with Gasteiger partial charge >= 0.3 is 0 Å². The molecule has 55 heavy (non-hydrogen) atoms. The number of hydrogen-bond acceptors (Lipinski definition) is 7. The van der Waals surface area contributed by atoms with Gasteiger partial charge in [-0.05, 0) is 100 Å². The number of anilines is 2. The van der Waals surface area contributed by atoms with Crippen LogP contribution in [0.25, 0.3) is 22.3 Å². The number of hydrogen-bond donors (Lipinski definition) is 3. The van der Waals surface area contributed by atoms with Crippen molar-refractivity contribution in [3.05, 3.63) is 59.4 Å². The zero-order chi connectivity index (χ0) is 38.1. The second kappa shape index (κ2) is 13.5. The number of nitrogens with one attached hydrogen (secondary N) is 3. The summed E-state index contributed by atoms with van der Waals surface area (Å²) in [5.41, 5.74) is 3.75. The van der Waals surface area contributed by atoms with Crippen LogP contribution in [0.2, 0.25) is 0 Å². The standard InChI is InChI=1S/C42H50F2N8O3/c1-40(2)24-34-31(23-42(40,43)44)37(49-48-34)33-21-27-3-5-29(22-32(27)46-33)52-20-14-41(39(52)55)12-18-50(19-13-41)15-9-26-10-16-51(17-11-26)35-7-4-28(25-45-35)30-6-8-36(53)47-38(30)54/h3-5,7,21-22,25-26,30,46H,6,8-20,23-24H2,1-2H3,(H,48,49)(H,47,53,54). The molecular formula is C42H50F2N8O3. The smallest absolute Gasteiger partial charge is 0.257 e. The minimum Gasteiger partial charge on any atom is -0.357 e. The van der Waals surface area contributed by atoms with E-state index in [0.717, 1.165) is 105 Å². The van der Waals surface area contributed by atoms with Crippen molar-refractivity contribution in [1.29, 1.82) is 0 Å². The Bertz CT molecular complexity index is 2130. The maximum Gasteiger partial charge on any atom is 0.257 e. The molecule has 7 heterocycles. The summed E-state index contributed by atoms with van der Waals surface area (Å²) in [6.07, 6.45) is 8.59. The predicted octanol–water partition coefficient (Wildman–Crippen LogP) is 6.36. The topological polar surface area (TPSA) is 130 Å². The Labute approximate surface area is 319 Å². The van der Waals surface area contributed by atoms with E-state index in [1.165, 1.54) is 0 Å². The number of pyridine rings is 1. The normalized spacial score (nSPS) is 24.1. The van der Waals surface area contributed by atoms with E-state index < -0.39 is 11.3 Å². The van der Waals surface area contributed by atoms with Gasteiger partial charge in [0.1, 0.15) is 11.5 Å². The third kappa shape index (κ3) is 6.51. The van der Waals surface area contributed by atoms with Crippen LogP contribution in [0.5, 0.6) is 0 Å². The zero-order valence-corrected chi connectivity index (χ0v) is 31.7. The molecule has 9 rings (SSSR count). The summed E-state index contributed by atoms with van der Waals surface area (Å²) in [5, 5.41) is 10.9. The summed E-state index contributed by atoms with van der Waals surface area (Å²) in [7, 11) is 0. The molecule has 4 fully saturated rings. The lowest BCUT2D eigenvalue weighted by Gasteiger charge is -2.39. The molecule has 1 unspecified atom stereocenters. The number of aromatic amines is 2. The average molecular weight is 753 g/mol. The number of piperidine rings is 3. The summed E-state index contributed by atoms with van der Waals surface area (Å²) in [5.74, 6) is -1.76. The third-order valence-corrected chi connectivity index (χ3v) is 13.7. The van der Waals surface area contributed by atoms with E-state index in [2.05, 4.69) is 35.3 Å². The number of H-pyrrole nitrogens is 2. The van der Waals surface area contributed by atoms with E-state index in [0.29, 0.717) is 42.3 Å². The quantitative estimate of drug-likeness (QED) is 0.188. The first kappa shape index (κ1) is 36.0. The fourth-order valence-corrected chi connectivity index (χ4v) is 9.76. The number of halogens is 2. The van der Waals surface area contributed by atoms with Crippen LogP contribution in [0.1, 0.15) is 88.0 Å². The van der Waals surface area contributed by atoms with Gasteiger partial charge in [0, 0.05) is 78.4 Å². The van der Waals surface area contributed by atoms with Gasteiger partial charge < -0.3 is 19.7 Å². The Morgan fingerprint density at radius 1 is 0.909 bits per heavy atom. The van der Waals surface area contributed by atoms with Crippen LogP contribution in [0.15, 0.2) is 42.6 Å². The molecule has 5 aliphatic rings. The number of alkyl halides is 2. The predicted molar refractivity (Wildman–Crippen MR) is 206 cm³/mol. The van der Waals surface area contributed by atoms with Crippen molar-refractivity contribution in [2.24, 2.45) is 16.7 Å². The van der Waals surface area contributed by atoms with Crippen LogP contribution in [0, 0.1) is 16.7 Å². The highest BCUT2D eigenvalue weighted by Crippen LogP contribution is 2.48. The van der Waals surface area contributed by atoms with E-state index in [1.54, 1.807) is 20.0 Å². The molecule has 1 spiro atoms. The summed E-state index contributed by atoms with van der Waals surface area (Å²) in [6.45, 7) is 8.76. The Morgan fingerprint density at radius 3 is 2.44 bits per heavy atom. The molecule has 0 radical (unpaired) electrons. The molecule has 290 valence electrons. The van der Waals surface area contributed by atoms with Gasteiger partial charge in [-0.3, -0.25) is 24.8 Å². The minimum atomic E-state index is -2.82. The molecule has 11 nitrogen and oxygen atoms in total. The van der Waals surface area contributed by atoms with Crippen molar-refractivity contribution in [1.82, 2.24) is 30.4 Å². The number of nitrogens with zero attached hydrogens (tertiary/aromatic N) is 5. The first-order valence-corrected chi connectivity index (χ1v) is 20.0. The summed E-state index contributed by atoms with van der Waals surface area (Å²) < 4.78 is 30.0. The van der Waals surface area contributed by atoms with Gasteiger partial charge in [-0.1, -0.05) is 26.0 Å². The largest absolute Gasteiger partial charge is 0.357 e. The van der Waals surface area contributed by atoms with Crippen molar-refractivity contribution in [2.75, 3.05) is 49.1 Å². The van der Waals surface area contributed by atoms with Crippen LogP contribution < -0.4 is 15.1 Å². The van der Waals surface area contributed by atoms with E-state index in [1.807, 2.05) is 41.3 Å². The molecule has 4 aromatic rings. The van der Waals surface area contributed by atoms with Gasteiger partial charge in [0.15, 0.2) is 0 Å². The SMILES string of the molecule is CC1(C)Cc2[nH]nc(-c3cc4ccc(N5CCC6(CCN(CCC7CCN(c8ccc(C9CCC(=O)NC9=O)cn8)CC7)CC6)C5=O)cc4[nH]3)c2CC1(F)F. The van der Waals surface area contributed by atoms with E-state index in [4.69, 9.17) is 0 Å². The number of aromatic nitrogens is 4. The molecule has 1 atom stereocenters. The summed E-state index contributed by atoms with van der Waals surface area (Å²) in [6, 6.07) is 12.0. The highest BCUT2D eigenvalue weighted by atomic mass is 19.3. The van der Waals surface area contributed by atoms with Crippen molar-refractivity contribution in [3.8, 4) is 11.4 Å².